The van der Waals surface area contributed by atoms with Crippen molar-refractivity contribution in [2.24, 2.45) is 0 Å². The van der Waals surface area contributed by atoms with Crippen molar-refractivity contribution in [3.05, 3.63) is 93.6 Å². The number of aromatic hydroxyl groups is 1. The van der Waals surface area contributed by atoms with Gasteiger partial charge in [-0.15, -0.1) is 0 Å². The van der Waals surface area contributed by atoms with Gasteiger partial charge in [-0.05, 0) is 54.8 Å². The number of carbonyl (C=O) groups is 1. The molecule has 0 radical (unpaired) electrons. The van der Waals surface area contributed by atoms with E-state index >= 15 is 0 Å². The van der Waals surface area contributed by atoms with Crippen LogP contribution in [-0.2, 0) is 0 Å². The van der Waals surface area contributed by atoms with Gasteiger partial charge in [0.15, 0.2) is 0 Å². The van der Waals surface area contributed by atoms with Crippen LogP contribution in [0.4, 0.5) is 4.39 Å². The Hall–Kier alpha value is -3.19. The van der Waals surface area contributed by atoms with Crippen molar-refractivity contribution in [1.82, 2.24) is 15.3 Å². The largest absolute Gasteiger partial charge is 0.508 e. The summed E-state index contributed by atoms with van der Waals surface area (Å²) in [5.74, 6) is -1.07. The molecule has 0 unspecified atom stereocenters. The second-order valence-corrected chi connectivity index (χ2v) is 7.65. The van der Waals surface area contributed by atoms with Crippen molar-refractivity contribution >= 4 is 32.7 Å². The standard InChI is InChI=1S/C22H17BrFN3O2/c1-12-8-14(23)10-19(25-12)22(29)27-21(16-11-15(24)6-7-20(16)28)18-9-13-4-2-3-5-17(13)26-18/h2-11,21,26,28H,1H3,(H,27,29)/t21-/m0/s1. The van der Waals surface area contributed by atoms with Crippen LogP contribution in [0.15, 0.2) is 65.1 Å². The first-order valence-corrected chi connectivity index (χ1v) is 9.71. The van der Waals surface area contributed by atoms with Gasteiger partial charge in [-0.25, -0.2) is 9.37 Å². The molecule has 2 heterocycles. The molecule has 0 saturated carbocycles. The normalized spacial score (nSPS) is 12.1. The van der Waals surface area contributed by atoms with Gasteiger partial charge in [0, 0.05) is 26.9 Å². The Balaban J connectivity index is 1.79. The molecule has 0 saturated heterocycles. The average Bonchev–Trinajstić information content (AvgIpc) is 3.11. The zero-order valence-corrected chi connectivity index (χ0v) is 17.0. The van der Waals surface area contributed by atoms with Crippen LogP contribution in [0.1, 0.15) is 33.5 Å². The summed E-state index contributed by atoms with van der Waals surface area (Å²) in [5, 5.41) is 14.2. The van der Waals surface area contributed by atoms with E-state index < -0.39 is 17.8 Å². The number of rotatable bonds is 4. The predicted molar refractivity (Wildman–Crippen MR) is 112 cm³/mol. The Bertz CT molecular complexity index is 1170. The maximum Gasteiger partial charge on any atom is 0.270 e. The fraction of sp³-hybridized carbons (Fsp3) is 0.0909. The van der Waals surface area contributed by atoms with Crippen molar-refractivity contribution in [3.63, 3.8) is 0 Å². The monoisotopic (exact) mass is 453 g/mol. The minimum atomic E-state index is -0.799. The summed E-state index contributed by atoms with van der Waals surface area (Å²) in [6.07, 6.45) is 0. The number of aromatic nitrogens is 2. The Kier molecular flexibility index (Phi) is 5.07. The second kappa shape index (κ2) is 7.67. The molecule has 4 rings (SSSR count). The van der Waals surface area contributed by atoms with Crippen LogP contribution in [-0.4, -0.2) is 21.0 Å². The third kappa shape index (κ3) is 4.00. The number of hydrogen-bond donors (Lipinski definition) is 3. The third-order valence-electron chi connectivity index (χ3n) is 4.59. The number of aromatic amines is 1. The van der Waals surface area contributed by atoms with Gasteiger partial charge >= 0.3 is 0 Å². The lowest BCUT2D eigenvalue weighted by molar-refractivity contribution is 0.0936. The van der Waals surface area contributed by atoms with E-state index in [9.17, 15) is 14.3 Å². The molecule has 29 heavy (non-hydrogen) atoms. The minimum Gasteiger partial charge on any atom is -0.508 e. The highest BCUT2D eigenvalue weighted by Crippen LogP contribution is 2.31. The molecule has 0 aliphatic heterocycles. The van der Waals surface area contributed by atoms with Gasteiger partial charge in [0.25, 0.3) is 5.91 Å². The molecule has 2 aromatic heterocycles. The highest BCUT2D eigenvalue weighted by Gasteiger charge is 2.24. The van der Waals surface area contributed by atoms with E-state index in [-0.39, 0.29) is 17.0 Å². The molecule has 4 aromatic rings. The molecule has 0 spiro atoms. The van der Waals surface area contributed by atoms with Crippen molar-refractivity contribution in [1.29, 1.82) is 0 Å². The summed E-state index contributed by atoms with van der Waals surface area (Å²) in [5.41, 5.74) is 2.63. The quantitative estimate of drug-likeness (QED) is 0.406. The number of benzene rings is 2. The van der Waals surface area contributed by atoms with Crippen molar-refractivity contribution in [3.8, 4) is 5.75 Å². The topological polar surface area (TPSA) is 78.0 Å². The van der Waals surface area contributed by atoms with Gasteiger partial charge < -0.3 is 15.4 Å². The predicted octanol–water partition coefficient (Wildman–Crippen LogP) is 5.00. The van der Waals surface area contributed by atoms with Crippen LogP contribution in [0.25, 0.3) is 10.9 Å². The lowest BCUT2D eigenvalue weighted by atomic mass is 10.0. The van der Waals surface area contributed by atoms with Crippen LogP contribution < -0.4 is 5.32 Å². The Morgan fingerprint density at radius 1 is 1.17 bits per heavy atom. The number of aryl methyl sites for hydroxylation is 1. The SMILES string of the molecule is Cc1cc(Br)cc(C(=O)N[C@H](c2cc3ccccc3[nH]2)c2cc(F)ccc2O)n1. The van der Waals surface area contributed by atoms with Crippen LogP contribution in [0.5, 0.6) is 5.75 Å². The summed E-state index contributed by atoms with van der Waals surface area (Å²) in [6.45, 7) is 1.79. The van der Waals surface area contributed by atoms with E-state index in [0.29, 0.717) is 11.4 Å². The zero-order chi connectivity index (χ0) is 20.5. The molecule has 146 valence electrons. The highest BCUT2D eigenvalue weighted by molar-refractivity contribution is 9.10. The summed E-state index contributed by atoms with van der Waals surface area (Å²) in [7, 11) is 0. The Morgan fingerprint density at radius 2 is 1.97 bits per heavy atom. The summed E-state index contributed by atoms with van der Waals surface area (Å²) in [4.78, 5) is 20.4. The number of H-pyrrole nitrogens is 1. The lowest BCUT2D eigenvalue weighted by Crippen LogP contribution is -2.30. The molecule has 5 nitrogen and oxygen atoms in total. The van der Waals surface area contributed by atoms with Crippen LogP contribution >= 0.6 is 15.9 Å². The first-order valence-electron chi connectivity index (χ1n) is 8.92. The number of amides is 1. The van der Waals surface area contributed by atoms with E-state index in [0.717, 1.165) is 15.4 Å². The average molecular weight is 454 g/mol. The number of nitrogens with zero attached hydrogens (tertiary/aromatic N) is 1. The smallest absolute Gasteiger partial charge is 0.270 e. The third-order valence-corrected chi connectivity index (χ3v) is 5.05. The summed E-state index contributed by atoms with van der Waals surface area (Å²) in [6, 6.07) is 15.8. The molecular formula is C22H17BrFN3O2. The van der Waals surface area contributed by atoms with Crippen molar-refractivity contribution < 1.29 is 14.3 Å². The van der Waals surface area contributed by atoms with E-state index in [4.69, 9.17) is 0 Å². The number of carbonyl (C=O) groups excluding carboxylic acids is 1. The molecule has 0 aliphatic carbocycles. The fourth-order valence-corrected chi connectivity index (χ4v) is 3.83. The fourth-order valence-electron chi connectivity index (χ4n) is 3.28. The number of pyridine rings is 1. The number of para-hydroxylation sites is 1. The molecule has 0 aliphatic rings. The van der Waals surface area contributed by atoms with Gasteiger partial charge in [0.1, 0.15) is 17.3 Å². The number of hydrogen-bond acceptors (Lipinski definition) is 3. The van der Waals surface area contributed by atoms with Crippen LogP contribution in [0, 0.1) is 12.7 Å². The molecule has 3 N–H and O–H groups in total. The van der Waals surface area contributed by atoms with E-state index in [1.54, 1.807) is 19.1 Å². The Morgan fingerprint density at radius 3 is 2.72 bits per heavy atom. The molecule has 7 heteroatoms. The molecule has 1 atom stereocenters. The molecule has 0 fully saturated rings. The number of fused-ring (bicyclic) bond motifs is 1. The van der Waals surface area contributed by atoms with Crippen molar-refractivity contribution in [2.45, 2.75) is 13.0 Å². The zero-order valence-electron chi connectivity index (χ0n) is 15.4. The maximum atomic E-state index is 13.9. The van der Waals surface area contributed by atoms with Gasteiger partial charge in [-0.2, -0.15) is 0 Å². The highest BCUT2D eigenvalue weighted by atomic mass is 79.9. The van der Waals surface area contributed by atoms with E-state index in [1.165, 1.54) is 18.2 Å². The van der Waals surface area contributed by atoms with Crippen LogP contribution in [0.2, 0.25) is 0 Å². The van der Waals surface area contributed by atoms with Gasteiger partial charge in [-0.1, -0.05) is 34.1 Å². The van der Waals surface area contributed by atoms with Crippen molar-refractivity contribution in [2.75, 3.05) is 0 Å². The number of nitrogens with one attached hydrogen (secondary N) is 2. The minimum absolute atomic E-state index is 0.117. The Labute approximate surface area is 174 Å². The number of phenols is 1. The second-order valence-electron chi connectivity index (χ2n) is 6.73. The first kappa shape index (κ1) is 19.1. The molecule has 2 aromatic carbocycles. The van der Waals surface area contributed by atoms with E-state index in [1.807, 2.05) is 30.3 Å². The first-order chi connectivity index (χ1) is 13.9. The van der Waals surface area contributed by atoms with Gasteiger partial charge in [-0.3, -0.25) is 4.79 Å². The van der Waals surface area contributed by atoms with E-state index in [2.05, 4.69) is 31.2 Å². The van der Waals surface area contributed by atoms with Gasteiger partial charge in [0.05, 0.1) is 6.04 Å². The molecule has 1 amide bonds. The van der Waals surface area contributed by atoms with Crippen LogP contribution in [0.3, 0.4) is 0 Å². The summed E-state index contributed by atoms with van der Waals surface area (Å²) >= 11 is 3.37. The number of halogens is 2. The molecule has 0 bridgehead atoms. The molecular weight excluding hydrogens is 437 g/mol. The number of phenolic OH excluding ortho intramolecular Hbond substituents is 1. The summed E-state index contributed by atoms with van der Waals surface area (Å²) < 4.78 is 14.7. The maximum absolute atomic E-state index is 13.9. The van der Waals surface area contributed by atoms with Gasteiger partial charge in [0.2, 0.25) is 0 Å². The lowest BCUT2D eigenvalue weighted by Gasteiger charge is -2.19.